The highest BCUT2D eigenvalue weighted by Gasteiger charge is 2.11. The minimum atomic E-state index is -1.05. The topological polar surface area (TPSA) is 81.5 Å². The summed E-state index contributed by atoms with van der Waals surface area (Å²) in [7, 11) is 1.57. The lowest BCUT2D eigenvalue weighted by atomic mass is 10.2. The molecule has 0 bridgehead atoms. The second kappa shape index (κ2) is 6.89. The number of rotatable bonds is 6. The molecule has 116 valence electrons. The van der Waals surface area contributed by atoms with Crippen molar-refractivity contribution >= 4 is 5.97 Å². The number of carbonyl (C=O) groups is 1. The highest BCUT2D eigenvalue weighted by molar-refractivity contribution is 5.86. The number of hydrogen-bond donors (Lipinski definition) is 1. The Morgan fingerprint density at radius 1 is 1.23 bits per heavy atom. The van der Waals surface area contributed by atoms with E-state index in [1.54, 1.807) is 19.2 Å². The lowest BCUT2D eigenvalue weighted by molar-refractivity contribution is 0.0696. The largest absolute Gasteiger partial charge is 0.493 e. The van der Waals surface area contributed by atoms with Crippen LogP contribution in [0.2, 0.25) is 0 Å². The van der Waals surface area contributed by atoms with Crippen molar-refractivity contribution in [1.29, 1.82) is 0 Å². The summed E-state index contributed by atoms with van der Waals surface area (Å²) in [6.45, 7) is 4.73. The van der Waals surface area contributed by atoms with Gasteiger partial charge in [-0.3, -0.25) is 0 Å². The summed E-state index contributed by atoms with van der Waals surface area (Å²) in [5.74, 6) is 1.03. The summed E-state index contributed by atoms with van der Waals surface area (Å²) in [6.07, 6.45) is 2.56. The molecule has 6 heteroatoms. The number of aromatic nitrogens is 2. The third-order valence-corrected chi connectivity index (χ3v) is 2.89. The Morgan fingerprint density at radius 2 is 1.91 bits per heavy atom. The van der Waals surface area contributed by atoms with Gasteiger partial charge in [0.05, 0.1) is 19.3 Å². The van der Waals surface area contributed by atoms with Crippen LogP contribution in [-0.2, 0) is 0 Å². The number of benzene rings is 1. The third kappa shape index (κ3) is 3.72. The molecule has 2 rings (SSSR count). The van der Waals surface area contributed by atoms with Crippen molar-refractivity contribution < 1.29 is 19.4 Å². The molecule has 22 heavy (non-hydrogen) atoms. The van der Waals surface area contributed by atoms with Gasteiger partial charge >= 0.3 is 5.97 Å². The van der Waals surface area contributed by atoms with Gasteiger partial charge in [-0.25, -0.2) is 14.8 Å². The Morgan fingerprint density at radius 3 is 2.45 bits per heavy atom. The maximum Gasteiger partial charge on any atom is 0.338 e. The molecular weight excluding hydrogens is 284 g/mol. The first-order valence-corrected chi connectivity index (χ1v) is 6.87. The van der Waals surface area contributed by atoms with Crippen molar-refractivity contribution in [3.05, 3.63) is 36.2 Å². The van der Waals surface area contributed by atoms with Crippen molar-refractivity contribution in [2.45, 2.75) is 13.8 Å². The van der Waals surface area contributed by atoms with Crippen LogP contribution in [0.3, 0.4) is 0 Å². The monoisotopic (exact) mass is 302 g/mol. The summed E-state index contributed by atoms with van der Waals surface area (Å²) in [5, 5.41) is 8.85. The normalized spacial score (nSPS) is 10.5. The van der Waals surface area contributed by atoms with Gasteiger partial charge in [-0.1, -0.05) is 13.8 Å². The maximum atomic E-state index is 10.8. The molecular formula is C16H18N2O4. The van der Waals surface area contributed by atoms with Crippen LogP contribution >= 0.6 is 0 Å². The second-order valence-electron chi connectivity index (χ2n) is 5.17. The van der Waals surface area contributed by atoms with Crippen molar-refractivity contribution in [1.82, 2.24) is 9.97 Å². The molecule has 0 saturated carbocycles. The number of hydrogen-bond acceptors (Lipinski definition) is 5. The fourth-order valence-corrected chi connectivity index (χ4v) is 1.77. The van der Waals surface area contributed by atoms with E-state index in [0.29, 0.717) is 29.8 Å². The smallest absolute Gasteiger partial charge is 0.338 e. The molecule has 0 aliphatic rings. The third-order valence-electron chi connectivity index (χ3n) is 2.89. The molecule has 1 heterocycles. The van der Waals surface area contributed by atoms with Crippen LogP contribution in [-0.4, -0.2) is 34.8 Å². The van der Waals surface area contributed by atoms with Crippen molar-refractivity contribution in [3.8, 4) is 22.9 Å². The Hall–Kier alpha value is -2.63. The zero-order valence-electron chi connectivity index (χ0n) is 12.7. The first kappa shape index (κ1) is 15.8. The lowest BCUT2D eigenvalue weighted by Crippen LogP contribution is -2.05. The zero-order chi connectivity index (χ0) is 16.1. The van der Waals surface area contributed by atoms with Crippen LogP contribution in [0.25, 0.3) is 11.4 Å². The summed E-state index contributed by atoms with van der Waals surface area (Å²) in [5.41, 5.74) is 0.776. The van der Waals surface area contributed by atoms with E-state index < -0.39 is 5.97 Å². The lowest BCUT2D eigenvalue weighted by Gasteiger charge is -2.13. The Bertz CT molecular complexity index is 654. The second-order valence-corrected chi connectivity index (χ2v) is 5.17. The molecule has 0 atom stereocenters. The van der Waals surface area contributed by atoms with Crippen molar-refractivity contribution in [3.63, 3.8) is 0 Å². The van der Waals surface area contributed by atoms with Crippen LogP contribution < -0.4 is 9.47 Å². The van der Waals surface area contributed by atoms with E-state index in [2.05, 4.69) is 23.8 Å². The summed E-state index contributed by atoms with van der Waals surface area (Å²) in [6, 6.07) is 5.38. The average Bonchev–Trinajstić information content (AvgIpc) is 2.52. The van der Waals surface area contributed by atoms with Gasteiger partial charge in [0.25, 0.3) is 0 Å². The minimum absolute atomic E-state index is 0.0487. The fourth-order valence-electron chi connectivity index (χ4n) is 1.77. The van der Waals surface area contributed by atoms with Gasteiger partial charge in [-0.15, -0.1) is 0 Å². The fraction of sp³-hybridized carbons (Fsp3) is 0.312. The van der Waals surface area contributed by atoms with E-state index >= 15 is 0 Å². The van der Waals surface area contributed by atoms with Gasteiger partial charge in [-0.2, -0.15) is 0 Å². The summed E-state index contributed by atoms with van der Waals surface area (Å²) < 4.78 is 11.0. The van der Waals surface area contributed by atoms with Gasteiger partial charge < -0.3 is 14.6 Å². The number of ether oxygens (including phenoxy) is 2. The number of aromatic carboxylic acids is 1. The molecule has 6 nitrogen and oxygen atoms in total. The van der Waals surface area contributed by atoms with Gasteiger partial charge in [-0.05, 0) is 24.1 Å². The van der Waals surface area contributed by atoms with Gasteiger partial charge in [0.1, 0.15) is 0 Å². The van der Waals surface area contributed by atoms with Crippen LogP contribution in [0.1, 0.15) is 24.2 Å². The molecule has 0 amide bonds. The Kier molecular flexibility index (Phi) is 4.93. The van der Waals surface area contributed by atoms with Crippen LogP contribution in [0.5, 0.6) is 11.5 Å². The van der Waals surface area contributed by atoms with Gasteiger partial charge in [0.15, 0.2) is 17.3 Å². The molecule has 1 aromatic heterocycles. The Balaban J connectivity index is 2.26. The van der Waals surface area contributed by atoms with Crippen LogP contribution in [0, 0.1) is 5.92 Å². The molecule has 1 N–H and O–H groups in total. The first-order valence-electron chi connectivity index (χ1n) is 6.87. The minimum Gasteiger partial charge on any atom is -0.493 e. The van der Waals surface area contributed by atoms with Crippen LogP contribution in [0.4, 0.5) is 0 Å². The maximum absolute atomic E-state index is 10.8. The molecule has 1 aromatic carbocycles. The Labute approximate surface area is 128 Å². The standard InChI is InChI=1S/C16H18N2O4/c1-10(2)9-22-13-5-4-11(6-14(13)21-3)15-17-7-12(8-18-15)16(19)20/h4-8,10H,9H2,1-3H3,(H,19,20). The highest BCUT2D eigenvalue weighted by Crippen LogP contribution is 2.31. The average molecular weight is 302 g/mol. The van der Waals surface area contributed by atoms with E-state index in [1.807, 2.05) is 6.07 Å². The van der Waals surface area contributed by atoms with Crippen molar-refractivity contribution in [2.75, 3.05) is 13.7 Å². The van der Waals surface area contributed by atoms with E-state index in [9.17, 15) is 4.79 Å². The van der Waals surface area contributed by atoms with Crippen LogP contribution in [0.15, 0.2) is 30.6 Å². The van der Waals surface area contributed by atoms with Gasteiger partial charge in [0.2, 0.25) is 0 Å². The molecule has 0 saturated heterocycles. The molecule has 0 unspecified atom stereocenters. The van der Waals surface area contributed by atoms with E-state index in [1.165, 1.54) is 12.4 Å². The quantitative estimate of drug-likeness (QED) is 0.883. The predicted molar refractivity (Wildman–Crippen MR) is 81.3 cm³/mol. The number of methoxy groups -OCH3 is 1. The van der Waals surface area contributed by atoms with Gasteiger partial charge in [0, 0.05) is 18.0 Å². The van der Waals surface area contributed by atoms with E-state index in [4.69, 9.17) is 14.6 Å². The highest BCUT2D eigenvalue weighted by atomic mass is 16.5. The molecule has 2 aromatic rings. The summed E-state index contributed by atoms with van der Waals surface area (Å²) in [4.78, 5) is 18.9. The predicted octanol–water partition coefficient (Wildman–Crippen LogP) is 2.89. The summed E-state index contributed by atoms with van der Waals surface area (Å²) >= 11 is 0. The molecule has 0 radical (unpaired) electrons. The molecule has 0 spiro atoms. The first-order chi connectivity index (χ1) is 10.5. The zero-order valence-corrected chi connectivity index (χ0v) is 12.7. The number of carboxylic acid groups (broad SMARTS) is 1. The number of nitrogens with zero attached hydrogens (tertiary/aromatic N) is 2. The van der Waals surface area contributed by atoms with E-state index in [0.717, 1.165) is 5.56 Å². The van der Waals surface area contributed by atoms with E-state index in [-0.39, 0.29) is 5.56 Å². The number of carboxylic acids is 1. The molecule has 0 fully saturated rings. The SMILES string of the molecule is COc1cc(-c2ncc(C(=O)O)cn2)ccc1OCC(C)C. The molecule has 0 aliphatic carbocycles. The molecule has 0 aliphatic heterocycles. The van der Waals surface area contributed by atoms with Crippen molar-refractivity contribution in [2.24, 2.45) is 5.92 Å².